The van der Waals surface area contributed by atoms with Gasteiger partial charge in [0.05, 0.1) is 9.79 Å². The average molecular weight is 399 g/mol. The van der Waals surface area contributed by atoms with Crippen LogP contribution in [0.25, 0.3) is 0 Å². The van der Waals surface area contributed by atoms with Crippen molar-refractivity contribution in [2.24, 2.45) is 0 Å². The van der Waals surface area contributed by atoms with Gasteiger partial charge in [-0.1, -0.05) is 12.1 Å². The Morgan fingerprint density at radius 2 is 1.54 bits per heavy atom. The molecule has 3 aromatic carbocycles. The second kappa shape index (κ2) is 6.35. The number of sulfone groups is 1. The number of hydrogen-bond donors (Lipinski definition) is 1. The van der Waals surface area contributed by atoms with Gasteiger partial charge in [0.15, 0.2) is 17.4 Å². The summed E-state index contributed by atoms with van der Waals surface area (Å²) in [5.41, 5.74) is 0.0159. The van der Waals surface area contributed by atoms with E-state index in [9.17, 15) is 26.8 Å². The van der Waals surface area contributed by atoms with Crippen molar-refractivity contribution in [3.05, 3.63) is 89.0 Å². The molecule has 0 radical (unpaired) electrons. The summed E-state index contributed by atoms with van der Waals surface area (Å²) in [5.74, 6) is -3.37. The van der Waals surface area contributed by atoms with Gasteiger partial charge < -0.3 is 5.32 Å². The number of nitrogens with one attached hydrogen (secondary N) is 1. The number of anilines is 1. The average Bonchev–Trinajstić information content (AvgIpc) is 2.69. The van der Waals surface area contributed by atoms with Crippen LogP contribution in [0.15, 0.2) is 70.5 Å². The summed E-state index contributed by atoms with van der Waals surface area (Å²) in [6, 6.07) is 12.4. The fourth-order valence-corrected chi connectivity index (χ4v) is 4.68. The van der Waals surface area contributed by atoms with E-state index in [1.54, 1.807) is 6.07 Å². The lowest BCUT2D eigenvalue weighted by molar-refractivity contribution is 0.101. The van der Waals surface area contributed by atoms with Crippen molar-refractivity contribution in [1.82, 2.24) is 0 Å². The highest BCUT2D eigenvalue weighted by molar-refractivity contribution is 7.91. The first kappa shape index (κ1) is 18.0. The van der Waals surface area contributed by atoms with E-state index in [0.717, 1.165) is 18.2 Å². The van der Waals surface area contributed by atoms with Crippen LogP contribution in [-0.4, -0.2) is 20.1 Å². The van der Waals surface area contributed by atoms with Crippen molar-refractivity contribution < 1.29 is 26.8 Å². The third-order valence-corrected chi connectivity index (χ3v) is 6.23. The van der Waals surface area contributed by atoms with Gasteiger partial charge in [-0.3, -0.25) is 9.59 Å². The minimum atomic E-state index is -3.99. The Morgan fingerprint density at radius 1 is 0.821 bits per heavy atom. The first-order valence-electron chi connectivity index (χ1n) is 8.08. The molecule has 0 atom stereocenters. The van der Waals surface area contributed by atoms with E-state index < -0.39 is 33.2 Å². The van der Waals surface area contributed by atoms with Crippen molar-refractivity contribution >= 4 is 27.2 Å². The SMILES string of the molecule is O=C(Nc1ccc(F)c(F)c1)c1ccc2c(c1)S(=O)(=O)c1ccccc1C2=O. The number of carbonyl (C=O) groups excluding carboxylic acids is 2. The van der Waals surface area contributed by atoms with Crippen molar-refractivity contribution in [3.8, 4) is 0 Å². The van der Waals surface area contributed by atoms with Crippen molar-refractivity contribution in [1.29, 1.82) is 0 Å². The number of halogens is 2. The molecule has 1 aliphatic heterocycles. The topological polar surface area (TPSA) is 80.3 Å². The van der Waals surface area contributed by atoms with Gasteiger partial charge >= 0.3 is 0 Å². The molecule has 5 nitrogen and oxygen atoms in total. The Morgan fingerprint density at radius 3 is 2.29 bits per heavy atom. The predicted molar refractivity (Wildman–Crippen MR) is 96.1 cm³/mol. The molecule has 1 heterocycles. The Kier molecular flexibility index (Phi) is 4.08. The van der Waals surface area contributed by atoms with E-state index in [-0.39, 0.29) is 32.2 Å². The van der Waals surface area contributed by atoms with Crippen LogP contribution in [0.3, 0.4) is 0 Å². The van der Waals surface area contributed by atoms with Crippen LogP contribution in [0.1, 0.15) is 26.3 Å². The lowest BCUT2D eigenvalue weighted by atomic mass is 10.0. The number of fused-ring (bicyclic) bond motifs is 2. The highest BCUT2D eigenvalue weighted by atomic mass is 32.2. The lowest BCUT2D eigenvalue weighted by Gasteiger charge is -2.19. The third kappa shape index (κ3) is 2.78. The van der Waals surface area contributed by atoms with Gasteiger partial charge in [0.2, 0.25) is 9.84 Å². The molecule has 0 saturated heterocycles. The van der Waals surface area contributed by atoms with Crippen LogP contribution in [0.4, 0.5) is 14.5 Å². The summed E-state index contributed by atoms with van der Waals surface area (Å²) in [6.07, 6.45) is 0. The van der Waals surface area contributed by atoms with E-state index >= 15 is 0 Å². The third-order valence-electron chi connectivity index (χ3n) is 4.38. The van der Waals surface area contributed by atoms with E-state index in [1.807, 2.05) is 0 Å². The van der Waals surface area contributed by atoms with E-state index in [4.69, 9.17) is 0 Å². The first-order valence-corrected chi connectivity index (χ1v) is 9.56. The monoisotopic (exact) mass is 399 g/mol. The zero-order chi connectivity index (χ0) is 20.1. The predicted octanol–water partition coefficient (Wildman–Crippen LogP) is 3.59. The maximum absolute atomic E-state index is 13.3. The highest BCUT2D eigenvalue weighted by Gasteiger charge is 2.35. The quantitative estimate of drug-likeness (QED) is 0.559. The molecule has 3 aromatic rings. The summed E-state index contributed by atoms with van der Waals surface area (Å²) in [5, 5.41) is 2.37. The minimum Gasteiger partial charge on any atom is -0.322 e. The number of hydrogen-bond acceptors (Lipinski definition) is 4. The summed E-state index contributed by atoms with van der Waals surface area (Å²) >= 11 is 0. The van der Waals surface area contributed by atoms with Crippen LogP contribution >= 0.6 is 0 Å². The molecular weight excluding hydrogens is 388 g/mol. The number of ketones is 1. The molecule has 0 spiro atoms. The molecule has 0 aromatic heterocycles. The van der Waals surface area contributed by atoms with Gasteiger partial charge in [0.25, 0.3) is 5.91 Å². The Hall–Kier alpha value is -3.39. The molecule has 0 saturated carbocycles. The van der Waals surface area contributed by atoms with Crippen LogP contribution in [0.2, 0.25) is 0 Å². The van der Waals surface area contributed by atoms with Crippen LogP contribution in [0, 0.1) is 11.6 Å². The summed E-state index contributed by atoms with van der Waals surface area (Å²) in [6.45, 7) is 0. The molecule has 140 valence electrons. The lowest BCUT2D eigenvalue weighted by Crippen LogP contribution is -2.21. The molecule has 0 unspecified atom stereocenters. The van der Waals surface area contributed by atoms with Crippen LogP contribution in [0.5, 0.6) is 0 Å². The Bertz CT molecular complexity index is 1270. The smallest absolute Gasteiger partial charge is 0.255 e. The second-order valence-corrected chi connectivity index (χ2v) is 8.01. The Balaban J connectivity index is 1.74. The molecular formula is C20H11F2NO4S. The van der Waals surface area contributed by atoms with Crippen molar-refractivity contribution in [2.45, 2.75) is 9.79 Å². The van der Waals surface area contributed by atoms with Gasteiger partial charge in [-0.05, 0) is 42.5 Å². The zero-order valence-electron chi connectivity index (χ0n) is 14.1. The number of rotatable bonds is 2. The summed E-state index contributed by atoms with van der Waals surface area (Å²) in [7, 11) is -3.99. The molecule has 4 rings (SSSR count). The first-order chi connectivity index (χ1) is 13.3. The van der Waals surface area contributed by atoms with Gasteiger partial charge in [0, 0.05) is 28.4 Å². The molecule has 1 aliphatic rings. The zero-order valence-corrected chi connectivity index (χ0v) is 14.9. The second-order valence-electron chi connectivity index (χ2n) is 6.12. The molecule has 0 bridgehead atoms. The maximum Gasteiger partial charge on any atom is 0.255 e. The fraction of sp³-hybridized carbons (Fsp3) is 0. The largest absolute Gasteiger partial charge is 0.322 e. The van der Waals surface area contributed by atoms with Gasteiger partial charge in [0.1, 0.15) is 0 Å². The molecule has 28 heavy (non-hydrogen) atoms. The molecule has 0 fully saturated rings. The van der Waals surface area contributed by atoms with E-state index in [1.165, 1.54) is 36.4 Å². The highest BCUT2D eigenvalue weighted by Crippen LogP contribution is 2.34. The number of benzene rings is 3. The van der Waals surface area contributed by atoms with Crippen molar-refractivity contribution in [3.63, 3.8) is 0 Å². The van der Waals surface area contributed by atoms with Crippen LogP contribution in [-0.2, 0) is 9.84 Å². The normalized spacial score (nSPS) is 14.1. The number of carbonyl (C=O) groups is 2. The summed E-state index contributed by atoms with van der Waals surface area (Å²) < 4.78 is 52.1. The molecule has 1 N–H and O–H groups in total. The maximum atomic E-state index is 13.3. The number of amides is 1. The van der Waals surface area contributed by atoms with E-state index in [2.05, 4.69) is 5.32 Å². The van der Waals surface area contributed by atoms with Gasteiger partial charge in [-0.15, -0.1) is 0 Å². The summed E-state index contributed by atoms with van der Waals surface area (Å²) in [4.78, 5) is 24.6. The van der Waals surface area contributed by atoms with Crippen LogP contribution < -0.4 is 5.32 Å². The fourth-order valence-electron chi connectivity index (χ4n) is 3.00. The molecule has 8 heteroatoms. The molecule has 1 amide bonds. The minimum absolute atomic E-state index is 0.00546. The van der Waals surface area contributed by atoms with E-state index in [0.29, 0.717) is 0 Å². The standard InChI is InChI=1S/C20H11F2NO4S/c21-15-8-6-12(10-16(15)22)23-20(25)11-5-7-14-18(9-11)28(26,27)17-4-2-1-3-13(17)19(14)24/h1-10H,(H,23,25). The molecule has 0 aliphatic carbocycles. The van der Waals surface area contributed by atoms with Gasteiger partial charge in [-0.25, -0.2) is 17.2 Å². The van der Waals surface area contributed by atoms with Gasteiger partial charge in [-0.2, -0.15) is 0 Å². The van der Waals surface area contributed by atoms with Crippen molar-refractivity contribution in [2.75, 3.05) is 5.32 Å². The Labute approximate surface area is 158 Å².